The summed E-state index contributed by atoms with van der Waals surface area (Å²) >= 11 is 2.20. The second-order valence-corrected chi connectivity index (χ2v) is 6.17. The molecule has 0 spiro atoms. The molecule has 5 heteroatoms. The minimum atomic E-state index is -0.307. The number of aryl methyl sites for hydroxylation is 1. The van der Waals surface area contributed by atoms with E-state index in [2.05, 4.69) is 33.2 Å². The molecule has 0 unspecified atom stereocenters. The highest BCUT2D eigenvalue weighted by Crippen LogP contribution is 2.11. The number of carbonyl (C=O) groups is 2. The number of amides is 2. The molecule has 2 aromatic carbocycles. The maximum absolute atomic E-state index is 12.0. The average molecular weight is 408 g/mol. The van der Waals surface area contributed by atoms with E-state index in [0.717, 1.165) is 14.8 Å². The number of ketones is 1. The van der Waals surface area contributed by atoms with Crippen LogP contribution in [0.4, 0.5) is 10.5 Å². The number of halogens is 1. The molecule has 2 aromatic rings. The predicted molar refractivity (Wildman–Crippen MR) is 96.3 cm³/mol. The van der Waals surface area contributed by atoms with E-state index in [0.29, 0.717) is 12.1 Å². The summed E-state index contributed by atoms with van der Waals surface area (Å²) in [6.45, 7) is 2.29. The largest absolute Gasteiger partial charge is 0.337 e. The Kier molecular flexibility index (Phi) is 5.94. The van der Waals surface area contributed by atoms with E-state index < -0.39 is 0 Å². The maximum Gasteiger partial charge on any atom is 0.319 e. The molecule has 0 atom stereocenters. The van der Waals surface area contributed by atoms with Gasteiger partial charge in [0.1, 0.15) is 0 Å². The van der Waals surface area contributed by atoms with Crippen molar-refractivity contribution in [1.29, 1.82) is 0 Å². The van der Waals surface area contributed by atoms with E-state index in [1.807, 2.05) is 55.5 Å². The minimum Gasteiger partial charge on any atom is -0.337 e. The van der Waals surface area contributed by atoms with Crippen molar-refractivity contribution in [1.82, 2.24) is 5.32 Å². The molecule has 0 saturated heterocycles. The number of benzene rings is 2. The Morgan fingerprint density at radius 2 is 1.64 bits per heavy atom. The number of anilines is 1. The lowest BCUT2D eigenvalue weighted by atomic mass is 10.1. The number of hydrogen-bond acceptors (Lipinski definition) is 2. The summed E-state index contributed by atoms with van der Waals surface area (Å²) in [7, 11) is 0. The maximum atomic E-state index is 12.0. The predicted octanol–water partition coefficient (Wildman–Crippen LogP) is 3.99. The highest BCUT2D eigenvalue weighted by Gasteiger charge is 2.07. The highest BCUT2D eigenvalue weighted by molar-refractivity contribution is 14.1. The van der Waals surface area contributed by atoms with Crippen molar-refractivity contribution < 1.29 is 9.59 Å². The van der Waals surface area contributed by atoms with Crippen LogP contribution in [0.15, 0.2) is 48.5 Å². The molecule has 0 aliphatic heterocycles. The standard InChI is InChI=1S/C17H17IN2O2/c1-12-2-4-13(5-3-12)16(21)10-11-19-17(22)20-15-8-6-14(18)7-9-15/h2-9H,10-11H2,1H3,(H2,19,20,22). The van der Waals surface area contributed by atoms with Crippen LogP contribution in [0.5, 0.6) is 0 Å². The van der Waals surface area contributed by atoms with Gasteiger partial charge in [0, 0.05) is 27.8 Å². The number of carbonyl (C=O) groups excluding carboxylic acids is 2. The van der Waals surface area contributed by atoms with Crippen molar-refractivity contribution in [3.63, 3.8) is 0 Å². The van der Waals surface area contributed by atoms with Gasteiger partial charge in [-0.15, -0.1) is 0 Å². The molecule has 0 aromatic heterocycles. The summed E-state index contributed by atoms with van der Waals surface area (Å²) in [6.07, 6.45) is 0.281. The van der Waals surface area contributed by atoms with Crippen LogP contribution < -0.4 is 10.6 Å². The van der Waals surface area contributed by atoms with Crippen LogP contribution in [0.25, 0.3) is 0 Å². The van der Waals surface area contributed by atoms with E-state index in [-0.39, 0.29) is 18.2 Å². The SMILES string of the molecule is Cc1ccc(C(=O)CCNC(=O)Nc2ccc(I)cc2)cc1. The molecular formula is C17H17IN2O2. The summed E-state index contributed by atoms with van der Waals surface area (Å²) in [4.78, 5) is 23.7. The molecule has 2 rings (SSSR count). The quantitative estimate of drug-likeness (QED) is 0.581. The molecule has 2 N–H and O–H groups in total. The molecule has 0 aliphatic carbocycles. The summed E-state index contributed by atoms with van der Waals surface area (Å²) in [5, 5.41) is 5.41. The smallest absolute Gasteiger partial charge is 0.319 e. The van der Waals surface area contributed by atoms with Crippen LogP contribution in [0.2, 0.25) is 0 Å². The molecule has 2 amide bonds. The van der Waals surface area contributed by atoms with Crippen molar-refractivity contribution in [2.75, 3.05) is 11.9 Å². The fourth-order valence-electron chi connectivity index (χ4n) is 1.88. The van der Waals surface area contributed by atoms with Crippen LogP contribution in [0.3, 0.4) is 0 Å². The zero-order valence-corrected chi connectivity index (χ0v) is 14.4. The van der Waals surface area contributed by atoms with Crippen LogP contribution >= 0.6 is 22.6 Å². The molecule has 0 fully saturated rings. The molecule has 0 aliphatic rings. The van der Waals surface area contributed by atoms with Gasteiger partial charge < -0.3 is 10.6 Å². The fraction of sp³-hybridized carbons (Fsp3) is 0.176. The first-order chi connectivity index (χ1) is 10.5. The third-order valence-electron chi connectivity index (χ3n) is 3.11. The molecule has 114 valence electrons. The third kappa shape index (κ3) is 5.14. The monoisotopic (exact) mass is 408 g/mol. The lowest BCUT2D eigenvalue weighted by Gasteiger charge is -2.07. The van der Waals surface area contributed by atoms with E-state index in [9.17, 15) is 9.59 Å². The van der Waals surface area contributed by atoms with E-state index in [1.165, 1.54) is 0 Å². The lowest BCUT2D eigenvalue weighted by molar-refractivity contribution is 0.0984. The number of rotatable bonds is 5. The Hall–Kier alpha value is -1.89. The summed E-state index contributed by atoms with van der Waals surface area (Å²) in [5.41, 5.74) is 2.51. The van der Waals surface area contributed by atoms with Gasteiger partial charge in [-0.25, -0.2) is 4.79 Å². The minimum absolute atomic E-state index is 0.0227. The average Bonchev–Trinajstić information content (AvgIpc) is 2.50. The zero-order valence-electron chi connectivity index (χ0n) is 12.2. The summed E-state index contributed by atoms with van der Waals surface area (Å²) < 4.78 is 1.10. The summed E-state index contributed by atoms with van der Waals surface area (Å²) in [6, 6.07) is 14.6. The molecule has 22 heavy (non-hydrogen) atoms. The van der Waals surface area contributed by atoms with Gasteiger partial charge >= 0.3 is 6.03 Å². The number of nitrogens with one attached hydrogen (secondary N) is 2. The number of hydrogen-bond donors (Lipinski definition) is 2. The second kappa shape index (κ2) is 7.93. The van der Waals surface area contributed by atoms with Crippen molar-refractivity contribution in [2.45, 2.75) is 13.3 Å². The van der Waals surface area contributed by atoms with Crippen LogP contribution in [-0.2, 0) is 0 Å². The van der Waals surface area contributed by atoms with Crippen molar-refractivity contribution >= 4 is 40.1 Å². The van der Waals surface area contributed by atoms with E-state index >= 15 is 0 Å². The molecule has 0 saturated carbocycles. The Bertz CT molecular complexity index is 651. The third-order valence-corrected chi connectivity index (χ3v) is 3.83. The topological polar surface area (TPSA) is 58.2 Å². The molecular weight excluding hydrogens is 391 g/mol. The molecule has 4 nitrogen and oxygen atoms in total. The first-order valence-corrected chi connectivity index (χ1v) is 8.03. The van der Waals surface area contributed by atoms with Crippen molar-refractivity contribution in [2.24, 2.45) is 0 Å². The second-order valence-electron chi connectivity index (χ2n) is 4.93. The molecule has 0 radical (unpaired) electrons. The first kappa shape index (κ1) is 16.5. The van der Waals surface area contributed by atoms with Gasteiger partial charge in [-0.1, -0.05) is 29.8 Å². The normalized spacial score (nSPS) is 10.1. The fourth-order valence-corrected chi connectivity index (χ4v) is 2.24. The van der Waals surface area contributed by atoms with Gasteiger partial charge in [-0.2, -0.15) is 0 Å². The van der Waals surface area contributed by atoms with Gasteiger partial charge in [0.15, 0.2) is 5.78 Å². The Morgan fingerprint density at radius 3 is 2.27 bits per heavy atom. The zero-order chi connectivity index (χ0) is 15.9. The van der Waals surface area contributed by atoms with Crippen LogP contribution in [0.1, 0.15) is 22.3 Å². The highest BCUT2D eigenvalue weighted by atomic mass is 127. The van der Waals surface area contributed by atoms with Gasteiger partial charge in [-0.05, 0) is 53.8 Å². The summed E-state index contributed by atoms with van der Waals surface area (Å²) in [5.74, 6) is 0.0227. The Balaban J connectivity index is 1.75. The first-order valence-electron chi connectivity index (χ1n) is 6.95. The Labute approximate surface area is 143 Å². The van der Waals surface area contributed by atoms with Gasteiger partial charge in [0.05, 0.1) is 0 Å². The molecule has 0 heterocycles. The lowest BCUT2D eigenvalue weighted by Crippen LogP contribution is -2.30. The number of urea groups is 1. The van der Waals surface area contributed by atoms with Gasteiger partial charge in [-0.3, -0.25) is 4.79 Å². The van der Waals surface area contributed by atoms with Crippen molar-refractivity contribution in [3.8, 4) is 0 Å². The van der Waals surface area contributed by atoms with Gasteiger partial charge in [0.25, 0.3) is 0 Å². The van der Waals surface area contributed by atoms with Gasteiger partial charge in [0.2, 0.25) is 0 Å². The van der Waals surface area contributed by atoms with Crippen LogP contribution in [-0.4, -0.2) is 18.4 Å². The van der Waals surface area contributed by atoms with E-state index in [4.69, 9.17) is 0 Å². The van der Waals surface area contributed by atoms with Crippen LogP contribution in [0, 0.1) is 10.5 Å². The molecule has 0 bridgehead atoms. The Morgan fingerprint density at radius 1 is 1.00 bits per heavy atom. The van der Waals surface area contributed by atoms with Crippen molar-refractivity contribution in [3.05, 3.63) is 63.2 Å². The number of Topliss-reactive ketones (excluding diaryl/α,β-unsaturated/α-hetero) is 1. The van der Waals surface area contributed by atoms with E-state index in [1.54, 1.807) is 0 Å².